The maximum Gasteiger partial charge on any atom is 0.407 e. The first-order valence-electron chi connectivity index (χ1n) is 13.8. The van der Waals surface area contributed by atoms with Gasteiger partial charge < -0.3 is 30.0 Å². The minimum Gasteiger partial charge on any atom is -0.443 e. The number of hydrogen-bond donors (Lipinski definition) is 3. The number of aliphatic hydroxyl groups is 1. The van der Waals surface area contributed by atoms with Crippen LogP contribution in [0.4, 0.5) is 10.5 Å². The number of benzene rings is 2. The third-order valence-corrected chi connectivity index (χ3v) is 8.93. The van der Waals surface area contributed by atoms with Crippen molar-refractivity contribution in [1.29, 1.82) is 0 Å². The van der Waals surface area contributed by atoms with E-state index in [1.165, 1.54) is 35.5 Å². The molecule has 3 N–H and O–H groups in total. The van der Waals surface area contributed by atoms with E-state index < -0.39 is 34.4 Å². The minimum atomic E-state index is -4.01. The maximum atomic E-state index is 13.7. The summed E-state index contributed by atoms with van der Waals surface area (Å²) in [5.74, 6) is -0.343. The molecule has 12 heteroatoms. The second kappa shape index (κ2) is 13.8. The molecule has 3 unspecified atom stereocenters. The Morgan fingerprint density at radius 1 is 1.07 bits per heavy atom. The highest BCUT2D eigenvalue weighted by atomic mass is 32.2. The summed E-state index contributed by atoms with van der Waals surface area (Å²) < 4.78 is 45.3. The predicted molar refractivity (Wildman–Crippen MR) is 151 cm³/mol. The number of carbonyl (C=O) groups excluding carboxylic acids is 2. The zero-order chi connectivity index (χ0) is 29.6. The summed E-state index contributed by atoms with van der Waals surface area (Å²) in [6.07, 6.45) is -1.81. The quantitative estimate of drug-likeness (QED) is 0.343. The van der Waals surface area contributed by atoms with Gasteiger partial charge in [-0.2, -0.15) is 4.31 Å². The molecule has 5 atom stereocenters. The Bertz CT molecular complexity index is 1270. The first-order chi connectivity index (χ1) is 19.5. The number of fused-ring (bicyclic) bond motifs is 1. The monoisotopic (exact) mass is 589 g/mol. The van der Waals surface area contributed by atoms with Crippen molar-refractivity contribution in [2.24, 2.45) is 11.8 Å². The zero-order valence-electron chi connectivity index (χ0n) is 23.6. The minimum absolute atomic E-state index is 0.0287. The van der Waals surface area contributed by atoms with Gasteiger partial charge in [0.2, 0.25) is 15.9 Å². The SMILES string of the molecule is CC(=O)Nc1ccc(S(=O)(=O)N(CC(C)C)CC(O)C(Cc2ccccc2)NC(=O)O[C@H]2CO[C@H]3OCCC32)cc1. The normalized spacial score (nSPS) is 21.9. The maximum absolute atomic E-state index is 13.7. The van der Waals surface area contributed by atoms with Crippen molar-refractivity contribution in [2.45, 2.75) is 63.0 Å². The lowest BCUT2D eigenvalue weighted by Gasteiger charge is -2.31. The van der Waals surface area contributed by atoms with Crippen LogP contribution in [0, 0.1) is 11.8 Å². The molecule has 224 valence electrons. The third-order valence-electron chi connectivity index (χ3n) is 7.08. The number of amides is 2. The van der Waals surface area contributed by atoms with Gasteiger partial charge in [0.05, 0.1) is 36.2 Å². The molecule has 0 aliphatic carbocycles. The lowest BCUT2D eigenvalue weighted by Crippen LogP contribution is -2.51. The van der Waals surface area contributed by atoms with Gasteiger partial charge in [0, 0.05) is 25.7 Å². The molecule has 0 spiro atoms. The second-order valence-corrected chi connectivity index (χ2v) is 12.8. The molecule has 4 rings (SSSR count). The van der Waals surface area contributed by atoms with Crippen molar-refractivity contribution in [1.82, 2.24) is 9.62 Å². The molecular formula is C29H39N3O8S. The summed E-state index contributed by atoms with van der Waals surface area (Å²) in [6, 6.07) is 14.3. The van der Waals surface area contributed by atoms with E-state index in [9.17, 15) is 23.1 Å². The predicted octanol–water partition coefficient (Wildman–Crippen LogP) is 2.75. The Balaban J connectivity index is 1.51. The molecule has 2 aromatic carbocycles. The van der Waals surface area contributed by atoms with Crippen LogP contribution < -0.4 is 10.6 Å². The van der Waals surface area contributed by atoms with E-state index >= 15 is 0 Å². The second-order valence-electron chi connectivity index (χ2n) is 10.9. The number of ether oxygens (including phenoxy) is 3. The highest BCUT2D eigenvalue weighted by molar-refractivity contribution is 7.89. The first kappa shape index (κ1) is 30.9. The number of nitrogens with zero attached hydrogens (tertiary/aromatic N) is 1. The van der Waals surface area contributed by atoms with Gasteiger partial charge in [0.1, 0.15) is 6.10 Å². The summed E-state index contributed by atoms with van der Waals surface area (Å²) in [5, 5.41) is 16.8. The van der Waals surface area contributed by atoms with Crippen LogP contribution in [-0.4, -0.2) is 80.7 Å². The average molecular weight is 590 g/mol. The number of anilines is 1. The highest BCUT2D eigenvalue weighted by Crippen LogP contribution is 2.33. The van der Waals surface area contributed by atoms with Crippen LogP contribution in [0.25, 0.3) is 0 Å². The highest BCUT2D eigenvalue weighted by Gasteiger charge is 2.44. The molecule has 2 aromatic rings. The van der Waals surface area contributed by atoms with E-state index in [0.29, 0.717) is 12.3 Å². The molecule has 2 aliphatic rings. The van der Waals surface area contributed by atoms with Crippen molar-refractivity contribution in [3.05, 3.63) is 60.2 Å². The largest absolute Gasteiger partial charge is 0.443 e. The molecule has 2 amide bonds. The molecular weight excluding hydrogens is 550 g/mol. The van der Waals surface area contributed by atoms with Gasteiger partial charge in [-0.15, -0.1) is 0 Å². The van der Waals surface area contributed by atoms with Gasteiger partial charge in [-0.25, -0.2) is 13.2 Å². The van der Waals surface area contributed by atoms with E-state index in [-0.39, 0.29) is 55.0 Å². The van der Waals surface area contributed by atoms with E-state index in [0.717, 1.165) is 12.0 Å². The van der Waals surface area contributed by atoms with Crippen LogP contribution in [0.3, 0.4) is 0 Å². The van der Waals surface area contributed by atoms with Crippen LogP contribution in [0.2, 0.25) is 0 Å². The van der Waals surface area contributed by atoms with Crippen molar-refractivity contribution in [2.75, 3.05) is 31.6 Å². The number of hydrogen-bond acceptors (Lipinski definition) is 8. The standard InChI is InChI=1S/C29H39N3O8S/c1-19(2)16-32(41(36,37)23-11-9-22(10-12-23)30-20(3)33)17-26(34)25(15-21-7-5-4-6-8-21)31-29(35)40-27-18-39-28-24(27)13-14-38-28/h4-12,19,24-28,34H,13-18H2,1-3H3,(H,30,33)(H,31,35)/t24?,25?,26?,27-,28+/m0/s1. The van der Waals surface area contributed by atoms with Crippen molar-refractivity contribution >= 4 is 27.7 Å². The van der Waals surface area contributed by atoms with Gasteiger partial charge >= 0.3 is 6.09 Å². The lowest BCUT2D eigenvalue weighted by atomic mass is 10.0. The third kappa shape index (κ3) is 8.26. The van der Waals surface area contributed by atoms with Crippen LogP contribution in [0.15, 0.2) is 59.5 Å². The van der Waals surface area contributed by atoms with Gasteiger partial charge in [-0.3, -0.25) is 4.79 Å². The number of rotatable bonds is 12. The fraction of sp³-hybridized carbons (Fsp3) is 0.517. The van der Waals surface area contributed by atoms with Gasteiger partial charge in [-0.1, -0.05) is 44.2 Å². The summed E-state index contributed by atoms with van der Waals surface area (Å²) in [6.45, 7) is 5.81. The van der Waals surface area contributed by atoms with Gasteiger partial charge in [0.25, 0.3) is 0 Å². The van der Waals surface area contributed by atoms with Gasteiger partial charge in [0.15, 0.2) is 6.29 Å². The van der Waals surface area contributed by atoms with Crippen molar-refractivity contribution < 1.29 is 37.3 Å². The fourth-order valence-electron chi connectivity index (χ4n) is 5.10. The Hall–Kier alpha value is -3.03. The Morgan fingerprint density at radius 2 is 1.78 bits per heavy atom. The summed E-state index contributed by atoms with van der Waals surface area (Å²) in [7, 11) is -4.01. The summed E-state index contributed by atoms with van der Waals surface area (Å²) in [5.41, 5.74) is 1.33. The van der Waals surface area contributed by atoms with Crippen molar-refractivity contribution in [3.8, 4) is 0 Å². The Morgan fingerprint density at radius 3 is 2.44 bits per heavy atom. The number of nitrogens with one attached hydrogen (secondary N) is 2. The van der Waals surface area contributed by atoms with E-state index in [2.05, 4.69) is 10.6 Å². The summed E-state index contributed by atoms with van der Waals surface area (Å²) in [4.78, 5) is 24.4. The Labute approximate surface area is 241 Å². The first-order valence-corrected chi connectivity index (χ1v) is 15.3. The lowest BCUT2D eigenvalue weighted by molar-refractivity contribution is -0.114. The van der Waals surface area contributed by atoms with Crippen LogP contribution in [0.1, 0.15) is 32.8 Å². The molecule has 0 aromatic heterocycles. The fourth-order valence-corrected chi connectivity index (χ4v) is 6.72. The molecule has 0 saturated carbocycles. The Kier molecular flexibility index (Phi) is 10.4. The topological polar surface area (TPSA) is 144 Å². The molecule has 2 heterocycles. The number of carbonyl (C=O) groups is 2. The molecule has 11 nitrogen and oxygen atoms in total. The average Bonchev–Trinajstić information content (AvgIpc) is 3.53. The van der Waals surface area contributed by atoms with E-state index in [4.69, 9.17) is 14.2 Å². The molecule has 0 radical (unpaired) electrons. The smallest absolute Gasteiger partial charge is 0.407 e. The molecule has 0 bridgehead atoms. The van der Waals surface area contributed by atoms with E-state index in [1.54, 1.807) is 0 Å². The van der Waals surface area contributed by atoms with Crippen LogP contribution in [0.5, 0.6) is 0 Å². The number of aliphatic hydroxyl groups excluding tert-OH is 1. The van der Waals surface area contributed by atoms with Crippen LogP contribution >= 0.6 is 0 Å². The van der Waals surface area contributed by atoms with Crippen LogP contribution in [-0.2, 0) is 35.4 Å². The molecule has 2 fully saturated rings. The van der Waals surface area contributed by atoms with E-state index in [1.807, 2.05) is 44.2 Å². The van der Waals surface area contributed by atoms with Crippen molar-refractivity contribution in [3.63, 3.8) is 0 Å². The summed E-state index contributed by atoms with van der Waals surface area (Å²) >= 11 is 0. The zero-order valence-corrected chi connectivity index (χ0v) is 24.4. The molecule has 2 aliphatic heterocycles. The number of alkyl carbamates (subject to hydrolysis) is 1. The number of sulfonamides is 1. The van der Waals surface area contributed by atoms with Gasteiger partial charge in [-0.05, 0) is 48.6 Å². The molecule has 41 heavy (non-hydrogen) atoms. The molecule has 2 saturated heterocycles.